The van der Waals surface area contributed by atoms with E-state index in [9.17, 15) is 0 Å². The summed E-state index contributed by atoms with van der Waals surface area (Å²) in [5.41, 5.74) is 0. The molecule has 0 amide bonds. The fraction of sp³-hybridized carbons (Fsp3) is 1.00. The van der Waals surface area contributed by atoms with E-state index in [0.717, 1.165) is 24.6 Å². The van der Waals surface area contributed by atoms with Crippen LogP contribution in [-0.2, 0) is 0 Å². The van der Waals surface area contributed by atoms with Gasteiger partial charge in [-0.3, -0.25) is 0 Å². The fourth-order valence-electron chi connectivity index (χ4n) is 0.967. The van der Waals surface area contributed by atoms with Crippen molar-refractivity contribution in [1.29, 1.82) is 0 Å². The smallest absolute Gasteiger partial charge is 0.0636 e. The van der Waals surface area contributed by atoms with E-state index in [1.165, 1.54) is 0 Å². The zero-order valence-corrected chi connectivity index (χ0v) is 11.7. The molecule has 98 valence electrons. The first-order valence-corrected chi connectivity index (χ1v) is 8.13. The molecule has 0 saturated heterocycles. The van der Waals surface area contributed by atoms with Crippen LogP contribution in [0.5, 0.6) is 0 Å². The third-order valence-corrected chi connectivity index (χ3v) is 4.10. The van der Waals surface area contributed by atoms with Crippen molar-refractivity contribution in [3.63, 3.8) is 0 Å². The van der Waals surface area contributed by atoms with Gasteiger partial charge in [0.25, 0.3) is 0 Å². The van der Waals surface area contributed by atoms with Gasteiger partial charge in [0.05, 0.1) is 12.2 Å². The zero-order chi connectivity index (χ0) is 12.2. The minimum atomic E-state index is -0.262. The summed E-state index contributed by atoms with van der Waals surface area (Å²) in [5.74, 6) is 2.10. The highest BCUT2D eigenvalue weighted by Crippen LogP contribution is 2.19. The summed E-state index contributed by atoms with van der Waals surface area (Å²) in [6.07, 6.45) is -0.523. The monoisotopic (exact) mass is 268 g/mol. The molecule has 0 rings (SSSR count). The Balaban J connectivity index is 2.93. The van der Waals surface area contributed by atoms with Gasteiger partial charge in [-0.2, -0.15) is 0 Å². The van der Waals surface area contributed by atoms with Crippen LogP contribution in [0.4, 0.5) is 0 Å². The Hall–Kier alpha value is 0.540. The Morgan fingerprint density at radius 2 is 1.25 bits per heavy atom. The Morgan fingerprint density at radius 3 is 1.56 bits per heavy atom. The topological polar surface area (TPSA) is 64.5 Å². The second kappa shape index (κ2) is 12.0. The highest BCUT2D eigenvalue weighted by molar-refractivity contribution is 8.76. The quantitative estimate of drug-likeness (QED) is 0.319. The van der Waals surface area contributed by atoms with Crippen molar-refractivity contribution >= 4 is 21.6 Å². The minimum Gasteiger partial charge on any atom is -0.392 e. The van der Waals surface area contributed by atoms with E-state index in [0.29, 0.717) is 13.1 Å². The van der Waals surface area contributed by atoms with E-state index < -0.39 is 0 Å². The van der Waals surface area contributed by atoms with Gasteiger partial charge in [-0.15, -0.1) is 0 Å². The summed E-state index contributed by atoms with van der Waals surface area (Å²) in [6, 6.07) is 0. The number of hydrogen-bond acceptors (Lipinski definition) is 6. The number of aliphatic hydroxyl groups excluding tert-OH is 2. The van der Waals surface area contributed by atoms with Crippen LogP contribution in [0.15, 0.2) is 0 Å². The maximum Gasteiger partial charge on any atom is 0.0636 e. The van der Waals surface area contributed by atoms with Crippen LogP contribution in [-0.4, -0.2) is 60.1 Å². The molecule has 2 unspecified atom stereocenters. The number of hydrogen-bond donors (Lipinski definition) is 4. The van der Waals surface area contributed by atoms with Gasteiger partial charge < -0.3 is 20.8 Å². The first-order valence-electron chi connectivity index (χ1n) is 5.65. The molecule has 0 spiro atoms. The fourth-order valence-corrected chi connectivity index (χ4v) is 2.87. The SMILES string of the molecule is CC(O)CNCCSSCCNCC(C)O. The van der Waals surface area contributed by atoms with E-state index in [4.69, 9.17) is 10.2 Å². The highest BCUT2D eigenvalue weighted by atomic mass is 33.1. The molecule has 2 atom stereocenters. The van der Waals surface area contributed by atoms with Crippen molar-refractivity contribution in [2.75, 3.05) is 37.7 Å². The van der Waals surface area contributed by atoms with Crippen LogP contribution in [0.3, 0.4) is 0 Å². The summed E-state index contributed by atoms with van der Waals surface area (Å²) < 4.78 is 0. The Morgan fingerprint density at radius 1 is 0.875 bits per heavy atom. The summed E-state index contributed by atoms with van der Waals surface area (Å²) >= 11 is 0. The average molecular weight is 268 g/mol. The molecule has 0 aliphatic carbocycles. The van der Waals surface area contributed by atoms with Crippen LogP contribution in [0, 0.1) is 0 Å². The maximum atomic E-state index is 8.99. The number of aliphatic hydroxyl groups is 2. The van der Waals surface area contributed by atoms with Crippen LogP contribution >= 0.6 is 21.6 Å². The molecule has 0 fully saturated rings. The second-order valence-corrected chi connectivity index (χ2v) is 6.45. The summed E-state index contributed by atoms with van der Waals surface area (Å²) in [7, 11) is 3.67. The number of rotatable bonds is 11. The standard InChI is InChI=1S/C10H24N2O2S2/c1-9(13)7-11-3-5-15-16-6-4-12-8-10(2)14/h9-14H,3-8H2,1-2H3. The van der Waals surface area contributed by atoms with E-state index in [2.05, 4.69) is 10.6 Å². The number of nitrogens with one attached hydrogen (secondary N) is 2. The minimum absolute atomic E-state index is 0.262. The molecule has 0 aromatic heterocycles. The molecule has 4 N–H and O–H groups in total. The summed E-state index contributed by atoms with van der Waals surface area (Å²) in [4.78, 5) is 0. The molecule has 0 aliphatic heterocycles. The lowest BCUT2D eigenvalue weighted by Crippen LogP contribution is -2.26. The van der Waals surface area contributed by atoms with Crippen molar-refractivity contribution in [1.82, 2.24) is 10.6 Å². The van der Waals surface area contributed by atoms with Gasteiger partial charge in [0.2, 0.25) is 0 Å². The lowest BCUT2D eigenvalue weighted by molar-refractivity contribution is 0.192. The molecular formula is C10H24N2O2S2. The van der Waals surface area contributed by atoms with Gasteiger partial charge in [-0.05, 0) is 13.8 Å². The first-order chi connectivity index (χ1) is 7.63. The van der Waals surface area contributed by atoms with Gasteiger partial charge in [0.15, 0.2) is 0 Å². The van der Waals surface area contributed by atoms with Crippen LogP contribution in [0.25, 0.3) is 0 Å². The zero-order valence-electron chi connectivity index (χ0n) is 10.1. The van der Waals surface area contributed by atoms with E-state index >= 15 is 0 Å². The van der Waals surface area contributed by atoms with Crippen molar-refractivity contribution in [2.45, 2.75) is 26.1 Å². The molecule has 0 heterocycles. The van der Waals surface area contributed by atoms with Crippen molar-refractivity contribution in [3.8, 4) is 0 Å². The van der Waals surface area contributed by atoms with E-state index in [-0.39, 0.29) is 12.2 Å². The molecule has 0 aliphatic rings. The molecular weight excluding hydrogens is 244 g/mol. The Bertz CT molecular complexity index is 133. The van der Waals surface area contributed by atoms with Gasteiger partial charge in [0.1, 0.15) is 0 Å². The van der Waals surface area contributed by atoms with E-state index in [1.54, 1.807) is 13.8 Å². The van der Waals surface area contributed by atoms with Crippen molar-refractivity contribution in [3.05, 3.63) is 0 Å². The largest absolute Gasteiger partial charge is 0.392 e. The third-order valence-electron chi connectivity index (χ3n) is 1.69. The predicted octanol–water partition coefficient (Wildman–Crippen LogP) is 0.309. The lowest BCUT2D eigenvalue weighted by atomic mass is 10.4. The molecule has 16 heavy (non-hydrogen) atoms. The van der Waals surface area contributed by atoms with Gasteiger partial charge >= 0.3 is 0 Å². The predicted molar refractivity (Wildman–Crippen MR) is 74.0 cm³/mol. The maximum absolute atomic E-state index is 8.99. The van der Waals surface area contributed by atoms with Crippen LogP contribution < -0.4 is 10.6 Å². The van der Waals surface area contributed by atoms with Gasteiger partial charge in [0, 0.05) is 37.7 Å². The molecule has 0 saturated carbocycles. The third kappa shape index (κ3) is 14.5. The molecule has 6 heteroatoms. The molecule has 4 nitrogen and oxygen atoms in total. The highest BCUT2D eigenvalue weighted by Gasteiger charge is 1.96. The molecule has 0 aromatic carbocycles. The molecule has 0 aromatic rings. The normalized spacial score (nSPS) is 15.0. The molecule has 0 bridgehead atoms. The van der Waals surface area contributed by atoms with Crippen molar-refractivity contribution in [2.24, 2.45) is 0 Å². The Kier molecular flexibility index (Phi) is 12.4. The lowest BCUT2D eigenvalue weighted by Gasteiger charge is -2.07. The molecule has 0 radical (unpaired) electrons. The van der Waals surface area contributed by atoms with Crippen LogP contribution in [0.2, 0.25) is 0 Å². The first kappa shape index (κ1) is 16.5. The van der Waals surface area contributed by atoms with Crippen molar-refractivity contribution < 1.29 is 10.2 Å². The van der Waals surface area contributed by atoms with Crippen LogP contribution in [0.1, 0.15) is 13.8 Å². The summed E-state index contributed by atoms with van der Waals surface area (Å²) in [5, 5.41) is 24.3. The Labute approximate surface area is 106 Å². The second-order valence-electron chi connectivity index (χ2n) is 3.75. The average Bonchev–Trinajstić information content (AvgIpc) is 2.20. The summed E-state index contributed by atoms with van der Waals surface area (Å²) in [6.45, 7) is 6.76. The van der Waals surface area contributed by atoms with E-state index in [1.807, 2.05) is 21.6 Å². The van der Waals surface area contributed by atoms with Gasteiger partial charge in [-0.25, -0.2) is 0 Å². The van der Waals surface area contributed by atoms with Gasteiger partial charge in [-0.1, -0.05) is 21.6 Å².